The van der Waals surface area contributed by atoms with E-state index < -0.39 is 11.8 Å². The molecule has 15 heavy (non-hydrogen) atoms. The Labute approximate surface area is 95.0 Å². The molecule has 1 N–H and O–H groups in total. The van der Waals surface area contributed by atoms with E-state index in [9.17, 15) is 14.3 Å². The van der Waals surface area contributed by atoms with Gasteiger partial charge in [0.1, 0.15) is 11.6 Å². The van der Waals surface area contributed by atoms with Gasteiger partial charge in [-0.2, -0.15) is 0 Å². The van der Waals surface area contributed by atoms with E-state index in [1.54, 1.807) is 6.92 Å². The highest BCUT2D eigenvalue weighted by Crippen LogP contribution is 2.28. The number of ether oxygens (including phenoxy) is 1. The van der Waals surface area contributed by atoms with Gasteiger partial charge in [-0.3, -0.25) is 4.79 Å². The van der Waals surface area contributed by atoms with Crippen LogP contribution in [0.5, 0.6) is 5.75 Å². The molecule has 3 nitrogen and oxygen atoms in total. The number of esters is 1. The first kappa shape index (κ1) is 12.0. The number of benzene rings is 1. The van der Waals surface area contributed by atoms with Crippen molar-refractivity contribution in [2.24, 2.45) is 0 Å². The molecule has 0 fully saturated rings. The quantitative estimate of drug-likeness (QED) is 0.863. The third-order valence-corrected chi connectivity index (χ3v) is 2.47. The van der Waals surface area contributed by atoms with Gasteiger partial charge < -0.3 is 9.84 Å². The van der Waals surface area contributed by atoms with Gasteiger partial charge in [-0.1, -0.05) is 15.9 Å². The fourth-order valence-electron chi connectivity index (χ4n) is 1.12. The molecular formula is C10H10BrFO3. The van der Waals surface area contributed by atoms with E-state index in [1.807, 2.05) is 0 Å². The Morgan fingerprint density at radius 1 is 1.60 bits per heavy atom. The van der Waals surface area contributed by atoms with E-state index in [-0.39, 0.29) is 18.8 Å². The Bertz CT molecular complexity index is 356. The van der Waals surface area contributed by atoms with Crippen LogP contribution in [0.1, 0.15) is 12.5 Å². The summed E-state index contributed by atoms with van der Waals surface area (Å²) < 4.78 is 17.9. The zero-order chi connectivity index (χ0) is 11.4. The molecule has 0 amide bonds. The smallest absolute Gasteiger partial charge is 0.310 e. The molecule has 0 atom stereocenters. The SMILES string of the molecule is CCOC(=O)Cc1c(O)cc(F)cc1Br. The summed E-state index contributed by atoms with van der Waals surface area (Å²) in [5, 5.41) is 9.41. The van der Waals surface area contributed by atoms with Crippen LogP contribution in [0.15, 0.2) is 16.6 Å². The molecule has 0 radical (unpaired) electrons. The summed E-state index contributed by atoms with van der Waals surface area (Å²) >= 11 is 3.07. The van der Waals surface area contributed by atoms with Gasteiger partial charge in [0.15, 0.2) is 0 Å². The molecule has 1 rings (SSSR count). The van der Waals surface area contributed by atoms with Gasteiger partial charge >= 0.3 is 5.97 Å². The molecule has 0 aliphatic rings. The Balaban J connectivity index is 2.90. The number of hydrogen-bond acceptors (Lipinski definition) is 3. The Morgan fingerprint density at radius 2 is 2.27 bits per heavy atom. The minimum absolute atomic E-state index is 0.0828. The highest BCUT2D eigenvalue weighted by atomic mass is 79.9. The number of carbonyl (C=O) groups excluding carboxylic acids is 1. The molecule has 1 aromatic carbocycles. The van der Waals surface area contributed by atoms with Gasteiger partial charge in [-0.05, 0) is 13.0 Å². The van der Waals surface area contributed by atoms with Crippen LogP contribution in [-0.2, 0) is 16.0 Å². The number of carbonyl (C=O) groups is 1. The predicted octanol–water partition coefficient (Wildman–Crippen LogP) is 2.40. The Morgan fingerprint density at radius 3 is 2.80 bits per heavy atom. The van der Waals surface area contributed by atoms with Gasteiger partial charge in [-0.25, -0.2) is 4.39 Å². The van der Waals surface area contributed by atoms with Crippen LogP contribution in [-0.4, -0.2) is 17.7 Å². The Kier molecular flexibility index (Phi) is 4.08. The average Bonchev–Trinajstić information content (AvgIpc) is 2.11. The molecule has 0 spiro atoms. The molecule has 0 aromatic heterocycles. The van der Waals surface area contributed by atoms with Crippen LogP contribution in [0.2, 0.25) is 0 Å². The zero-order valence-electron chi connectivity index (χ0n) is 8.09. The second-order valence-corrected chi connectivity index (χ2v) is 3.72. The van der Waals surface area contributed by atoms with Crippen molar-refractivity contribution in [3.8, 4) is 5.75 Å². The number of hydrogen-bond donors (Lipinski definition) is 1. The largest absolute Gasteiger partial charge is 0.508 e. The van der Waals surface area contributed by atoms with Gasteiger partial charge in [0.25, 0.3) is 0 Å². The molecule has 1 aromatic rings. The molecular weight excluding hydrogens is 267 g/mol. The van der Waals surface area contributed by atoms with Gasteiger partial charge in [0, 0.05) is 16.1 Å². The van der Waals surface area contributed by atoms with Crippen LogP contribution in [0, 0.1) is 5.82 Å². The number of phenols is 1. The summed E-state index contributed by atoms with van der Waals surface area (Å²) in [6.45, 7) is 1.97. The highest BCUT2D eigenvalue weighted by molar-refractivity contribution is 9.10. The molecule has 0 unspecified atom stereocenters. The summed E-state index contributed by atoms with van der Waals surface area (Å²) in [7, 11) is 0. The molecule has 0 aliphatic heterocycles. The first-order valence-corrected chi connectivity index (χ1v) is 5.16. The monoisotopic (exact) mass is 276 g/mol. The normalized spacial score (nSPS) is 10.1. The highest BCUT2D eigenvalue weighted by Gasteiger charge is 2.13. The fourth-order valence-corrected chi connectivity index (χ4v) is 1.68. The summed E-state index contributed by atoms with van der Waals surface area (Å²) in [6.07, 6.45) is -0.0828. The van der Waals surface area contributed by atoms with Gasteiger partial charge in [-0.15, -0.1) is 0 Å². The first-order chi connectivity index (χ1) is 7.04. The lowest BCUT2D eigenvalue weighted by molar-refractivity contribution is -0.142. The minimum atomic E-state index is -0.563. The van der Waals surface area contributed by atoms with Crippen LogP contribution in [0.25, 0.3) is 0 Å². The van der Waals surface area contributed by atoms with Gasteiger partial charge in [0.05, 0.1) is 13.0 Å². The predicted molar refractivity (Wildman–Crippen MR) is 56.1 cm³/mol. The van der Waals surface area contributed by atoms with Crippen molar-refractivity contribution in [2.75, 3.05) is 6.61 Å². The van der Waals surface area contributed by atoms with Gasteiger partial charge in [0.2, 0.25) is 0 Å². The third kappa shape index (κ3) is 3.20. The number of aromatic hydroxyl groups is 1. The molecule has 5 heteroatoms. The lowest BCUT2D eigenvalue weighted by Crippen LogP contribution is -2.08. The van der Waals surface area contributed by atoms with Crippen molar-refractivity contribution < 1.29 is 19.0 Å². The second-order valence-electron chi connectivity index (χ2n) is 2.87. The summed E-state index contributed by atoms with van der Waals surface area (Å²) in [5.74, 6) is -1.28. The van der Waals surface area contributed by atoms with Crippen molar-refractivity contribution in [1.29, 1.82) is 0 Å². The molecule has 82 valence electrons. The number of rotatable bonds is 3. The standard InChI is InChI=1S/C10H10BrFO3/c1-2-15-10(14)5-7-8(11)3-6(12)4-9(7)13/h3-4,13H,2,5H2,1H3. The summed E-state index contributed by atoms with van der Waals surface area (Å²) in [5.41, 5.74) is 0.329. The van der Waals surface area contributed by atoms with Crippen LogP contribution < -0.4 is 0 Å². The van der Waals surface area contributed by atoms with E-state index in [0.29, 0.717) is 10.0 Å². The van der Waals surface area contributed by atoms with Crippen molar-refractivity contribution in [2.45, 2.75) is 13.3 Å². The van der Waals surface area contributed by atoms with Crippen molar-refractivity contribution >= 4 is 21.9 Å². The molecule has 0 bridgehead atoms. The van der Waals surface area contributed by atoms with E-state index >= 15 is 0 Å². The number of halogens is 2. The van der Waals surface area contributed by atoms with Crippen molar-refractivity contribution in [1.82, 2.24) is 0 Å². The van der Waals surface area contributed by atoms with E-state index in [1.165, 1.54) is 6.07 Å². The van der Waals surface area contributed by atoms with Crippen LogP contribution in [0.4, 0.5) is 4.39 Å². The van der Waals surface area contributed by atoms with Crippen LogP contribution in [0.3, 0.4) is 0 Å². The van der Waals surface area contributed by atoms with E-state index in [0.717, 1.165) is 6.07 Å². The molecule has 0 heterocycles. The fraction of sp³-hybridized carbons (Fsp3) is 0.300. The summed E-state index contributed by atoms with van der Waals surface area (Å²) in [4.78, 5) is 11.2. The number of phenolic OH excluding ortho intramolecular Hbond substituents is 1. The maximum Gasteiger partial charge on any atom is 0.310 e. The molecule has 0 saturated heterocycles. The second kappa shape index (κ2) is 5.11. The average molecular weight is 277 g/mol. The lowest BCUT2D eigenvalue weighted by Gasteiger charge is -2.07. The maximum absolute atomic E-state index is 12.8. The topological polar surface area (TPSA) is 46.5 Å². The Hall–Kier alpha value is -1.10. The van der Waals surface area contributed by atoms with E-state index in [4.69, 9.17) is 4.74 Å². The summed E-state index contributed by atoms with van der Waals surface area (Å²) in [6, 6.07) is 2.15. The van der Waals surface area contributed by atoms with Crippen molar-refractivity contribution in [3.05, 3.63) is 28.0 Å². The van der Waals surface area contributed by atoms with Crippen molar-refractivity contribution in [3.63, 3.8) is 0 Å². The lowest BCUT2D eigenvalue weighted by atomic mass is 10.1. The maximum atomic E-state index is 12.8. The van der Waals surface area contributed by atoms with E-state index in [2.05, 4.69) is 15.9 Å². The third-order valence-electron chi connectivity index (χ3n) is 1.76. The molecule has 0 aliphatic carbocycles. The minimum Gasteiger partial charge on any atom is -0.508 e. The first-order valence-electron chi connectivity index (χ1n) is 4.37. The molecule has 0 saturated carbocycles. The van der Waals surface area contributed by atoms with Crippen LogP contribution >= 0.6 is 15.9 Å². The zero-order valence-corrected chi connectivity index (χ0v) is 9.67.